The van der Waals surface area contributed by atoms with Crippen LogP contribution in [0.15, 0.2) is 30.3 Å². The smallest absolute Gasteiger partial charge is 0.410 e. The monoisotopic (exact) mass is 303 g/mol. The lowest BCUT2D eigenvalue weighted by molar-refractivity contribution is -0.165. The standard InChI is InChI=1S/C17H21NO4/c1-12-8-17(15(19)21-2)11-18(9-14(12)17)16(20)22-10-13-6-4-3-5-7-13/h3-7,12,14H,8-11H2,1-2H3/t12-,14?,17?/m0/s1. The number of nitrogens with zero attached hydrogens (tertiary/aromatic N) is 1. The van der Waals surface area contributed by atoms with E-state index in [1.807, 2.05) is 30.3 Å². The van der Waals surface area contributed by atoms with Crippen molar-refractivity contribution in [1.82, 2.24) is 4.90 Å². The van der Waals surface area contributed by atoms with Crippen molar-refractivity contribution in [2.24, 2.45) is 17.3 Å². The third-order valence-electron chi connectivity index (χ3n) is 5.03. The number of benzene rings is 1. The van der Waals surface area contributed by atoms with Crippen molar-refractivity contribution < 1.29 is 19.1 Å². The summed E-state index contributed by atoms with van der Waals surface area (Å²) in [5.74, 6) is 0.421. The Balaban J connectivity index is 1.62. The number of esters is 1. The Kier molecular flexibility index (Phi) is 3.81. The number of hydrogen-bond donors (Lipinski definition) is 0. The van der Waals surface area contributed by atoms with Gasteiger partial charge in [0, 0.05) is 13.1 Å². The molecule has 2 unspecified atom stereocenters. The van der Waals surface area contributed by atoms with Gasteiger partial charge in [0.2, 0.25) is 0 Å². The van der Waals surface area contributed by atoms with Crippen molar-refractivity contribution in [2.45, 2.75) is 20.0 Å². The van der Waals surface area contributed by atoms with Crippen LogP contribution < -0.4 is 0 Å². The molecule has 0 N–H and O–H groups in total. The Morgan fingerprint density at radius 1 is 1.32 bits per heavy atom. The first kappa shape index (κ1) is 14.9. The second kappa shape index (κ2) is 5.63. The van der Waals surface area contributed by atoms with Crippen molar-refractivity contribution in [3.05, 3.63) is 35.9 Å². The van der Waals surface area contributed by atoms with E-state index in [-0.39, 0.29) is 24.6 Å². The zero-order chi connectivity index (χ0) is 15.7. The van der Waals surface area contributed by atoms with Crippen LogP contribution in [0.25, 0.3) is 0 Å². The van der Waals surface area contributed by atoms with Gasteiger partial charge in [-0.3, -0.25) is 4.79 Å². The van der Waals surface area contributed by atoms with Crippen molar-refractivity contribution in [2.75, 3.05) is 20.2 Å². The molecule has 3 rings (SSSR count). The van der Waals surface area contributed by atoms with Gasteiger partial charge in [0.25, 0.3) is 0 Å². The van der Waals surface area contributed by atoms with Crippen LogP contribution in [0.3, 0.4) is 0 Å². The van der Waals surface area contributed by atoms with Gasteiger partial charge in [-0.25, -0.2) is 4.79 Å². The maximum atomic E-state index is 12.2. The number of amides is 1. The second-order valence-corrected chi connectivity index (χ2v) is 6.36. The number of rotatable bonds is 3. The molecule has 0 bridgehead atoms. The van der Waals surface area contributed by atoms with Crippen LogP contribution in [0.4, 0.5) is 4.79 Å². The Labute approximate surface area is 130 Å². The molecule has 1 saturated carbocycles. The zero-order valence-corrected chi connectivity index (χ0v) is 13.0. The van der Waals surface area contributed by atoms with E-state index in [1.54, 1.807) is 4.90 Å². The molecule has 0 radical (unpaired) electrons. The fourth-order valence-electron chi connectivity index (χ4n) is 3.88. The predicted molar refractivity (Wildman–Crippen MR) is 79.9 cm³/mol. The van der Waals surface area contributed by atoms with Gasteiger partial charge >= 0.3 is 12.1 Å². The Bertz CT molecular complexity index is 573. The summed E-state index contributed by atoms with van der Waals surface area (Å²) in [7, 11) is 1.41. The van der Waals surface area contributed by atoms with Gasteiger partial charge in [-0.1, -0.05) is 37.3 Å². The van der Waals surface area contributed by atoms with Crippen LogP contribution in [-0.2, 0) is 20.9 Å². The van der Waals surface area contributed by atoms with Gasteiger partial charge < -0.3 is 14.4 Å². The molecular formula is C17H21NO4. The molecule has 3 atom stereocenters. The minimum Gasteiger partial charge on any atom is -0.469 e. The molecule has 22 heavy (non-hydrogen) atoms. The molecule has 1 aromatic carbocycles. The summed E-state index contributed by atoms with van der Waals surface area (Å²) >= 11 is 0. The van der Waals surface area contributed by atoms with E-state index < -0.39 is 5.41 Å². The van der Waals surface area contributed by atoms with Crippen LogP contribution >= 0.6 is 0 Å². The van der Waals surface area contributed by atoms with E-state index in [0.29, 0.717) is 19.0 Å². The second-order valence-electron chi connectivity index (χ2n) is 6.36. The number of carbonyl (C=O) groups is 2. The molecule has 1 aliphatic carbocycles. The molecule has 1 amide bonds. The first-order chi connectivity index (χ1) is 10.6. The van der Waals surface area contributed by atoms with E-state index in [1.165, 1.54) is 7.11 Å². The van der Waals surface area contributed by atoms with Crippen molar-refractivity contribution in [1.29, 1.82) is 0 Å². The summed E-state index contributed by atoms with van der Waals surface area (Å²) in [6.07, 6.45) is 0.432. The summed E-state index contributed by atoms with van der Waals surface area (Å²) in [5.41, 5.74) is 0.439. The minimum atomic E-state index is -0.514. The lowest BCUT2D eigenvalue weighted by atomic mass is 9.56. The molecule has 1 aromatic rings. The van der Waals surface area contributed by atoms with Crippen LogP contribution in [-0.4, -0.2) is 37.2 Å². The Morgan fingerprint density at radius 2 is 2.05 bits per heavy atom. The molecule has 1 saturated heterocycles. The Hall–Kier alpha value is -2.04. The quantitative estimate of drug-likeness (QED) is 0.805. The average molecular weight is 303 g/mol. The lowest BCUT2D eigenvalue weighted by Gasteiger charge is -2.46. The normalized spacial score (nSPS) is 29.5. The van der Waals surface area contributed by atoms with Gasteiger partial charge in [-0.15, -0.1) is 0 Å². The fourth-order valence-corrected chi connectivity index (χ4v) is 3.88. The van der Waals surface area contributed by atoms with Gasteiger partial charge in [-0.2, -0.15) is 0 Å². The first-order valence-corrected chi connectivity index (χ1v) is 7.61. The van der Waals surface area contributed by atoms with Crippen LogP contribution in [0.2, 0.25) is 0 Å². The topological polar surface area (TPSA) is 55.8 Å². The largest absolute Gasteiger partial charge is 0.469 e. The molecule has 1 aliphatic heterocycles. The van der Waals surface area contributed by atoms with E-state index in [9.17, 15) is 9.59 Å². The lowest BCUT2D eigenvalue weighted by Crippen LogP contribution is -2.52. The number of methoxy groups -OCH3 is 1. The third kappa shape index (κ3) is 2.34. The first-order valence-electron chi connectivity index (χ1n) is 7.61. The molecule has 118 valence electrons. The van der Waals surface area contributed by atoms with Crippen LogP contribution in [0.5, 0.6) is 0 Å². The number of fused-ring (bicyclic) bond motifs is 1. The molecule has 5 heteroatoms. The SMILES string of the molecule is COC(=O)C12C[C@H](C)C1CN(C(=O)OCc1ccccc1)C2. The summed E-state index contributed by atoms with van der Waals surface area (Å²) in [5, 5.41) is 0. The van der Waals surface area contributed by atoms with E-state index >= 15 is 0 Å². The van der Waals surface area contributed by atoms with Gasteiger partial charge in [-0.05, 0) is 23.8 Å². The molecule has 2 fully saturated rings. The highest BCUT2D eigenvalue weighted by molar-refractivity contribution is 5.81. The highest BCUT2D eigenvalue weighted by Crippen LogP contribution is 2.56. The highest BCUT2D eigenvalue weighted by atomic mass is 16.6. The van der Waals surface area contributed by atoms with E-state index in [0.717, 1.165) is 12.0 Å². The number of hydrogen-bond acceptors (Lipinski definition) is 4. The maximum Gasteiger partial charge on any atom is 0.410 e. The third-order valence-corrected chi connectivity index (χ3v) is 5.03. The predicted octanol–water partition coefficient (Wildman–Crippen LogP) is 2.45. The molecule has 1 heterocycles. The molecular weight excluding hydrogens is 282 g/mol. The number of ether oxygens (including phenoxy) is 2. The average Bonchev–Trinajstić information content (AvgIpc) is 2.86. The van der Waals surface area contributed by atoms with Crippen molar-refractivity contribution in [3.63, 3.8) is 0 Å². The molecule has 0 spiro atoms. The van der Waals surface area contributed by atoms with Crippen LogP contribution in [0, 0.1) is 17.3 Å². The summed E-state index contributed by atoms with van der Waals surface area (Å²) < 4.78 is 10.3. The summed E-state index contributed by atoms with van der Waals surface area (Å²) in [6.45, 7) is 3.35. The van der Waals surface area contributed by atoms with Crippen molar-refractivity contribution >= 4 is 12.1 Å². The zero-order valence-electron chi connectivity index (χ0n) is 13.0. The summed E-state index contributed by atoms with van der Waals surface area (Å²) in [4.78, 5) is 26.0. The summed E-state index contributed by atoms with van der Waals surface area (Å²) in [6, 6.07) is 9.57. The Morgan fingerprint density at radius 3 is 2.68 bits per heavy atom. The maximum absolute atomic E-state index is 12.2. The van der Waals surface area contributed by atoms with Gasteiger partial charge in [0.15, 0.2) is 0 Å². The van der Waals surface area contributed by atoms with E-state index in [2.05, 4.69) is 6.92 Å². The highest BCUT2D eigenvalue weighted by Gasteiger charge is 2.63. The molecule has 2 aliphatic rings. The minimum absolute atomic E-state index is 0.184. The molecule has 0 aromatic heterocycles. The van der Waals surface area contributed by atoms with Gasteiger partial charge in [0.05, 0.1) is 12.5 Å². The molecule has 5 nitrogen and oxygen atoms in total. The van der Waals surface area contributed by atoms with Gasteiger partial charge in [0.1, 0.15) is 6.61 Å². The van der Waals surface area contributed by atoms with E-state index in [4.69, 9.17) is 9.47 Å². The number of likely N-dealkylation sites (tertiary alicyclic amines) is 1. The van der Waals surface area contributed by atoms with Crippen LogP contribution in [0.1, 0.15) is 18.9 Å². The van der Waals surface area contributed by atoms with Crippen molar-refractivity contribution in [3.8, 4) is 0 Å². The number of carbonyl (C=O) groups excluding carboxylic acids is 2. The fraction of sp³-hybridized carbons (Fsp3) is 0.529.